The third kappa shape index (κ3) is 6.53. The van der Waals surface area contributed by atoms with Gasteiger partial charge in [-0.1, -0.05) is 24.3 Å². The topological polar surface area (TPSA) is 103 Å². The number of piperidine rings is 1. The maximum Gasteiger partial charge on any atom is 0.280 e. The molecule has 0 aromatic heterocycles. The van der Waals surface area contributed by atoms with E-state index in [4.69, 9.17) is 14.2 Å². The predicted octanol–water partition coefficient (Wildman–Crippen LogP) is 6.67. The summed E-state index contributed by atoms with van der Waals surface area (Å²) in [5.41, 5.74) is 3.74. The number of nitrogens with zero attached hydrogens (tertiary/aromatic N) is 2. The number of hydrogen-bond acceptors (Lipinski definition) is 7. The fourth-order valence-electron chi connectivity index (χ4n) is 5.08. The molecule has 1 heterocycles. The minimum Gasteiger partial charge on any atom is -0.497 e. The van der Waals surface area contributed by atoms with E-state index in [0.717, 1.165) is 37.1 Å². The lowest BCUT2D eigenvalue weighted by atomic mass is 10.0. The third-order valence-electron chi connectivity index (χ3n) is 7.43. The number of methoxy groups -OCH3 is 2. The summed E-state index contributed by atoms with van der Waals surface area (Å²) in [6.45, 7) is 1.88. The first kappa shape index (κ1) is 28.6. The molecule has 9 heteroatoms. The van der Waals surface area contributed by atoms with Crippen molar-refractivity contribution in [3.05, 3.63) is 101 Å². The molecule has 0 aliphatic carbocycles. The second-order valence-corrected chi connectivity index (χ2v) is 10.2. The molecule has 9 nitrogen and oxygen atoms in total. The van der Waals surface area contributed by atoms with Gasteiger partial charge in [0.15, 0.2) is 0 Å². The zero-order valence-corrected chi connectivity index (χ0v) is 23.8. The van der Waals surface area contributed by atoms with Crippen LogP contribution in [0.1, 0.15) is 23.2 Å². The van der Waals surface area contributed by atoms with Gasteiger partial charge in [0.25, 0.3) is 11.6 Å². The molecule has 0 spiro atoms. The van der Waals surface area contributed by atoms with Crippen molar-refractivity contribution in [3.63, 3.8) is 0 Å². The summed E-state index contributed by atoms with van der Waals surface area (Å²) >= 11 is 0. The van der Waals surface area contributed by atoms with Crippen molar-refractivity contribution in [1.82, 2.24) is 4.90 Å². The van der Waals surface area contributed by atoms with Gasteiger partial charge in [0.1, 0.15) is 23.4 Å². The van der Waals surface area contributed by atoms with Gasteiger partial charge in [0.05, 0.1) is 30.8 Å². The average molecular weight is 568 g/mol. The van der Waals surface area contributed by atoms with E-state index in [9.17, 15) is 14.9 Å². The normalized spacial score (nSPS) is 13.8. The number of ether oxygens (including phenoxy) is 3. The number of anilines is 1. The van der Waals surface area contributed by atoms with Gasteiger partial charge in [-0.25, -0.2) is 0 Å². The van der Waals surface area contributed by atoms with Gasteiger partial charge in [-0.15, -0.1) is 0 Å². The number of benzene rings is 4. The SMILES string of the molecule is COc1cccc(-c2cc(C(=O)Nc3ccc(-c4ccc(OC5CCN(C)CC5)cc4[N+](=O)[O-])cc3)ccc2OC)c1. The number of nitrogens with one attached hydrogen (secondary N) is 1. The molecule has 4 aromatic carbocycles. The van der Waals surface area contributed by atoms with E-state index in [0.29, 0.717) is 39.6 Å². The minimum absolute atomic E-state index is 0.0273. The molecule has 0 atom stereocenters. The number of nitro benzene ring substituents is 1. The Bertz CT molecular complexity index is 1580. The molecule has 1 aliphatic rings. The number of nitro groups is 1. The lowest BCUT2D eigenvalue weighted by molar-refractivity contribution is -0.384. The Balaban J connectivity index is 1.32. The Morgan fingerprint density at radius 1 is 0.857 bits per heavy atom. The molecule has 0 bridgehead atoms. The Morgan fingerprint density at radius 2 is 1.62 bits per heavy atom. The van der Waals surface area contributed by atoms with Crippen LogP contribution in [0.3, 0.4) is 0 Å². The minimum atomic E-state index is -0.393. The van der Waals surface area contributed by atoms with E-state index in [1.165, 1.54) is 6.07 Å². The van der Waals surface area contributed by atoms with Crippen LogP contribution in [0.15, 0.2) is 84.9 Å². The van der Waals surface area contributed by atoms with Crippen LogP contribution in [-0.2, 0) is 0 Å². The maximum atomic E-state index is 13.2. The van der Waals surface area contributed by atoms with Crippen molar-refractivity contribution in [1.29, 1.82) is 0 Å². The van der Waals surface area contributed by atoms with Gasteiger partial charge < -0.3 is 24.4 Å². The van der Waals surface area contributed by atoms with Crippen molar-refractivity contribution < 1.29 is 23.9 Å². The quantitative estimate of drug-likeness (QED) is 0.178. The monoisotopic (exact) mass is 567 g/mol. The van der Waals surface area contributed by atoms with Gasteiger partial charge in [0.2, 0.25) is 0 Å². The van der Waals surface area contributed by atoms with Crippen LogP contribution in [0, 0.1) is 10.1 Å². The van der Waals surface area contributed by atoms with E-state index in [1.54, 1.807) is 68.8 Å². The van der Waals surface area contributed by atoms with Crippen LogP contribution in [0.2, 0.25) is 0 Å². The first-order valence-corrected chi connectivity index (χ1v) is 13.7. The molecule has 216 valence electrons. The van der Waals surface area contributed by atoms with Gasteiger partial charge in [-0.2, -0.15) is 0 Å². The van der Waals surface area contributed by atoms with E-state index < -0.39 is 4.92 Å². The number of likely N-dealkylation sites (tertiary alicyclic amines) is 1. The van der Waals surface area contributed by atoms with Crippen LogP contribution >= 0.6 is 0 Å². The molecule has 1 aliphatic heterocycles. The van der Waals surface area contributed by atoms with Gasteiger partial charge >= 0.3 is 0 Å². The fraction of sp³-hybridized carbons (Fsp3) is 0.242. The molecule has 1 saturated heterocycles. The zero-order valence-electron chi connectivity index (χ0n) is 23.8. The molecule has 0 unspecified atom stereocenters. The number of hydrogen-bond donors (Lipinski definition) is 1. The average Bonchev–Trinajstić information content (AvgIpc) is 3.02. The largest absolute Gasteiger partial charge is 0.497 e. The van der Waals surface area contributed by atoms with E-state index in [2.05, 4.69) is 17.3 Å². The van der Waals surface area contributed by atoms with Gasteiger partial charge in [-0.05, 0) is 85.6 Å². The van der Waals surface area contributed by atoms with E-state index in [-0.39, 0.29) is 17.7 Å². The first-order valence-electron chi connectivity index (χ1n) is 13.7. The van der Waals surface area contributed by atoms with Crippen molar-refractivity contribution in [3.8, 4) is 39.5 Å². The molecule has 1 amide bonds. The summed E-state index contributed by atoms with van der Waals surface area (Å²) in [5, 5.41) is 14.8. The zero-order chi connectivity index (χ0) is 29.6. The van der Waals surface area contributed by atoms with Crippen molar-refractivity contribution in [2.45, 2.75) is 18.9 Å². The highest BCUT2D eigenvalue weighted by molar-refractivity contribution is 6.05. The van der Waals surface area contributed by atoms with Crippen LogP contribution < -0.4 is 19.5 Å². The molecule has 4 aromatic rings. The van der Waals surface area contributed by atoms with Crippen molar-refractivity contribution in [2.75, 3.05) is 39.7 Å². The van der Waals surface area contributed by atoms with Gasteiger partial charge in [-0.3, -0.25) is 14.9 Å². The predicted molar refractivity (Wildman–Crippen MR) is 163 cm³/mol. The summed E-state index contributed by atoms with van der Waals surface area (Å²) in [6.07, 6.45) is 1.82. The molecular formula is C33H33N3O6. The summed E-state index contributed by atoms with van der Waals surface area (Å²) in [5.74, 6) is 1.53. The number of carbonyl (C=O) groups excluding carboxylic acids is 1. The van der Waals surface area contributed by atoms with Crippen LogP contribution in [-0.4, -0.2) is 56.2 Å². The van der Waals surface area contributed by atoms with Crippen molar-refractivity contribution >= 4 is 17.3 Å². The molecule has 42 heavy (non-hydrogen) atoms. The maximum absolute atomic E-state index is 13.2. The van der Waals surface area contributed by atoms with Crippen LogP contribution in [0.25, 0.3) is 22.3 Å². The molecule has 0 radical (unpaired) electrons. The standard InChI is InChI=1S/C33H33N3O6/c1-35-17-15-26(16-18-35)42-28-12-13-29(31(21-28)36(38)39)22-7-10-25(11-8-22)34-33(37)24-9-14-32(41-3)30(20-24)23-5-4-6-27(19-23)40-2/h4-14,19-21,26H,15-18H2,1-3H3,(H,34,37). The Hall–Kier alpha value is -4.89. The Morgan fingerprint density at radius 3 is 2.31 bits per heavy atom. The summed E-state index contributed by atoms with van der Waals surface area (Å²) < 4.78 is 16.9. The second-order valence-electron chi connectivity index (χ2n) is 10.2. The number of carbonyl (C=O) groups is 1. The Labute approximate surface area is 244 Å². The highest BCUT2D eigenvalue weighted by atomic mass is 16.6. The number of rotatable bonds is 9. The van der Waals surface area contributed by atoms with Crippen LogP contribution in [0.4, 0.5) is 11.4 Å². The van der Waals surface area contributed by atoms with E-state index >= 15 is 0 Å². The number of amides is 1. The highest BCUT2D eigenvalue weighted by Gasteiger charge is 2.21. The summed E-state index contributed by atoms with van der Waals surface area (Å²) in [7, 11) is 5.26. The summed E-state index contributed by atoms with van der Waals surface area (Å²) in [4.78, 5) is 26.9. The van der Waals surface area contributed by atoms with Crippen molar-refractivity contribution in [2.24, 2.45) is 0 Å². The molecule has 1 N–H and O–H groups in total. The smallest absolute Gasteiger partial charge is 0.280 e. The molecule has 1 fully saturated rings. The molecule has 0 saturated carbocycles. The molecular weight excluding hydrogens is 534 g/mol. The lowest BCUT2D eigenvalue weighted by Gasteiger charge is -2.29. The first-order chi connectivity index (χ1) is 20.3. The summed E-state index contributed by atoms with van der Waals surface area (Å²) in [6, 6.07) is 24.7. The highest BCUT2D eigenvalue weighted by Crippen LogP contribution is 2.35. The third-order valence-corrected chi connectivity index (χ3v) is 7.43. The van der Waals surface area contributed by atoms with Gasteiger partial charge in [0, 0.05) is 29.9 Å². The van der Waals surface area contributed by atoms with E-state index in [1.807, 2.05) is 24.3 Å². The Kier molecular flexibility index (Phi) is 8.68. The lowest BCUT2D eigenvalue weighted by Crippen LogP contribution is -2.35. The second kappa shape index (κ2) is 12.7. The molecule has 5 rings (SSSR count). The van der Waals surface area contributed by atoms with Crippen LogP contribution in [0.5, 0.6) is 17.2 Å². The fourth-order valence-corrected chi connectivity index (χ4v) is 5.08.